The molecule has 0 bridgehead atoms. The van der Waals surface area contributed by atoms with Crippen molar-refractivity contribution >= 4 is 11.6 Å². The average Bonchev–Trinajstić information content (AvgIpc) is 2.52. The van der Waals surface area contributed by atoms with Crippen molar-refractivity contribution in [3.63, 3.8) is 0 Å². The van der Waals surface area contributed by atoms with Gasteiger partial charge in [-0.3, -0.25) is 0 Å². The summed E-state index contributed by atoms with van der Waals surface area (Å²) < 4.78 is 11.3. The van der Waals surface area contributed by atoms with Crippen molar-refractivity contribution in [1.82, 2.24) is 0 Å². The van der Waals surface area contributed by atoms with Crippen molar-refractivity contribution in [2.24, 2.45) is 0 Å². The Morgan fingerprint density at radius 2 is 1.68 bits per heavy atom. The number of methoxy groups -OCH3 is 1. The van der Waals surface area contributed by atoms with Gasteiger partial charge in [-0.2, -0.15) is 0 Å². The van der Waals surface area contributed by atoms with E-state index < -0.39 is 0 Å². The number of alkyl halides is 1. The largest absolute Gasteiger partial charge is 0.493 e. The molecule has 0 unspecified atom stereocenters. The molecule has 0 saturated carbocycles. The van der Waals surface area contributed by atoms with Gasteiger partial charge in [-0.1, -0.05) is 57.2 Å². The zero-order chi connectivity index (χ0) is 16.2. The molecule has 2 aromatic rings. The fraction of sp³-hybridized carbons (Fsp3) is 0.368. The monoisotopic (exact) mass is 318 g/mol. The molecule has 0 amide bonds. The van der Waals surface area contributed by atoms with E-state index in [0.29, 0.717) is 18.2 Å². The van der Waals surface area contributed by atoms with Crippen LogP contribution in [0.1, 0.15) is 37.5 Å². The van der Waals surface area contributed by atoms with Crippen LogP contribution in [0.5, 0.6) is 11.5 Å². The zero-order valence-corrected chi connectivity index (χ0v) is 14.4. The number of hydrogen-bond donors (Lipinski definition) is 0. The SMILES string of the molecule is COc1cccc(CCl)c1OCc1ccc(C(C)(C)C)cc1. The fourth-order valence-electron chi connectivity index (χ4n) is 2.25. The minimum atomic E-state index is 0.161. The van der Waals surface area contributed by atoms with Crippen LogP contribution in [-0.4, -0.2) is 7.11 Å². The van der Waals surface area contributed by atoms with Crippen LogP contribution in [-0.2, 0) is 17.9 Å². The van der Waals surface area contributed by atoms with Gasteiger partial charge in [0.25, 0.3) is 0 Å². The molecule has 0 N–H and O–H groups in total. The van der Waals surface area contributed by atoms with E-state index in [0.717, 1.165) is 16.9 Å². The fourth-order valence-corrected chi connectivity index (χ4v) is 2.46. The highest BCUT2D eigenvalue weighted by molar-refractivity contribution is 6.17. The van der Waals surface area contributed by atoms with Gasteiger partial charge in [0.15, 0.2) is 11.5 Å². The van der Waals surface area contributed by atoms with Gasteiger partial charge in [-0.15, -0.1) is 11.6 Å². The third-order valence-corrected chi connectivity index (χ3v) is 3.92. The highest BCUT2D eigenvalue weighted by Crippen LogP contribution is 2.33. The second kappa shape index (κ2) is 7.06. The summed E-state index contributed by atoms with van der Waals surface area (Å²) in [6, 6.07) is 14.3. The van der Waals surface area contributed by atoms with Crippen molar-refractivity contribution in [3.8, 4) is 11.5 Å². The van der Waals surface area contributed by atoms with Crippen LogP contribution in [0.2, 0.25) is 0 Å². The summed E-state index contributed by atoms with van der Waals surface area (Å²) >= 11 is 5.98. The standard InChI is InChI=1S/C19H23ClO2/c1-19(2,3)16-10-8-14(9-11-16)13-22-18-15(12-20)6-5-7-17(18)21-4/h5-11H,12-13H2,1-4H3. The number of rotatable bonds is 5. The van der Waals surface area contributed by atoms with Crippen LogP contribution in [0.15, 0.2) is 42.5 Å². The van der Waals surface area contributed by atoms with Gasteiger partial charge in [-0.05, 0) is 22.6 Å². The maximum Gasteiger partial charge on any atom is 0.166 e. The quantitative estimate of drug-likeness (QED) is 0.695. The molecular formula is C19H23ClO2. The number of hydrogen-bond acceptors (Lipinski definition) is 2. The molecule has 2 aromatic carbocycles. The molecule has 0 fully saturated rings. The van der Waals surface area contributed by atoms with Crippen LogP contribution in [0.4, 0.5) is 0 Å². The highest BCUT2D eigenvalue weighted by Gasteiger charge is 2.13. The number of para-hydroxylation sites is 1. The molecule has 0 aromatic heterocycles. The first-order valence-corrected chi connectivity index (χ1v) is 7.93. The van der Waals surface area contributed by atoms with Gasteiger partial charge in [-0.25, -0.2) is 0 Å². The summed E-state index contributed by atoms with van der Waals surface area (Å²) in [7, 11) is 1.64. The van der Waals surface area contributed by atoms with E-state index in [1.54, 1.807) is 7.11 Å². The topological polar surface area (TPSA) is 18.5 Å². The van der Waals surface area contributed by atoms with Crippen molar-refractivity contribution < 1.29 is 9.47 Å². The van der Waals surface area contributed by atoms with E-state index in [-0.39, 0.29) is 5.41 Å². The summed E-state index contributed by atoms with van der Waals surface area (Å²) in [4.78, 5) is 0. The van der Waals surface area contributed by atoms with Crippen LogP contribution >= 0.6 is 11.6 Å². The molecule has 0 radical (unpaired) electrons. The highest BCUT2D eigenvalue weighted by atomic mass is 35.5. The Hall–Kier alpha value is -1.67. The molecule has 0 atom stereocenters. The lowest BCUT2D eigenvalue weighted by Gasteiger charge is -2.19. The van der Waals surface area contributed by atoms with Crippen molar-refractivity contribution in [3.05, 3.63) is 59.2 Å². The number of halogens is 1. The smallest absolute Gasteiger partial charge is 0.166 e. The van der Waals surface area contributed by atoms with Crippen LogP contribution in [0.3, 0.4) is 0 Å². The summed E-state index contributed by atoms with van der Waals surface area (Å²) in [6.07, 6.45) is 0. The Balaban J connectivity index is 2.13. The Morgan fingerprint density at radius 3 is 2.23 bits per heavy atom. The molecule has 0 heterocycles. The molecular weight excluding hydrogens is 296 g/mol. The zero-order valence-electron chi connectivity index (χ0n) is 13.7. The Bertz CT molecular complexity index is 590. The molecule has 22 heavy (non-hydrogen) atoms. The van der Waals surface area contributed by atoms with Gasteiger partial charge < -0.3 is 9.47 Å². The second-order valence-electron chi connectivity index (χ2n) is 6.32. The Labute approximate surface area is 138 Å². The number of benzene rings is 2. The third-order valence-electron chi connectivity index (χ3n) is 3.63. The molecule has 0 spiro atoms. The third kappa shape index (κ3) is 3.95. The van der Waals surface area contributed by atoms with Crippen LogP contribution in [0.25, 0.3) is 0 Å². The molecule has 2 rings (SSSR count). The first-order valence-electron chi connectivity index (χ1n) is 7.39. The van der Waals surface area contributed by atoms with Crippen molar-refractivity contribution in [1.29, 1.82) is 0 Å². The summed E-state index contributed by atoms with van der Waals surface area (Å²) in [5, 5.41) is 0. The lowest BCUT2D eigenvalue weighted by molar-refractivity contribution is 0.282. The molecule has 0 aliphatic rings. The van der Waals surface area contributed by atoms with Gasteiger partial charge in [0.2, 0.25) is 0 Å². The van der Waals surface area contributed by atoms with Gasteiger partial charge in [0.1, 0.15) is 6.61 Å². The predicted octanol–water partition coefficient (Wildman–Crippen LogP) is 5.31. The van der Waals surface area contributed by atoms with E-state index in [9.17, 15) is 0 Å². The second-order valence-corrected chi connectivity index (χ2v) is 6.59. The first-order chi connectivity index (χ1) is 10.5. The van der Waals surface area contributed by atoms with E-state index >= 15 is 0 Å². The van der Waals surface area contributed by atoms with Crippen molar-refractivity contribution in [2.45, 2.75) is 38.7 Å². The minimum Gasteiger partial charge on any atom is -0.493 e. The predicted molar refractivity (Wildman–Crippen MR) is 92.0 cm³/mol. The minimum absolute atomic E-state index is 0.161. The first kappa shape index (κ1) is 16.7. The van der Waals surface area contributed by atoms with E-state index in [2.05, 4.69) is 45.0 Å². The summed E-state index contributed by atoms with van der Waals surface area (Å²) in [5.41, 5.74) is 3.54. The van der Waals surface area contributed by atoms with E-state index in [1.807, 2.05) is 18.2 Å². The number of ether oxygens (including phenoxy) is 2. The molecule has 2 nitrogen and oxygen atoms in total. The maximum absolute atomic E-state index is 5.98. The van der Waals surface area contributed by atoms with Gasteiger partial charge >= 0.3 is 0 Å². The van der Waals surface area contributed by atoms with E-state index in [4.69, 9.17) is 21.1 Å². The summed E-state index contributed by atoms with van der Waals surface area (Å²) in [5.74, 6) is 1.83. The average molecular weight is 319 g/mol. The van der Waals surface area contributed by atoms with Crippen LogP contribution < -0.4 is 9.47 Å². The van der Waals surface area contributed by atoms with E-state index in [1.165, 1.54) is 5.56 Å². The molecule has 3 heteroatoms. The molecule has 0 aliphatic heterocycles. The molecule has 0 aliphatic carbocycles. The Kier molecular flexibility index (Phi) is 5.36. The molecule has 118 valence electrons. The van der Waals surface area contributed by atoms with Crippen molar-refractivity contribution in [2.75, 3.05) is 7.11 Å². The Morgan fingerprint density at radius 1 is 1.00 bits per heavy atom. The summed E-state index contributed by atoms with van der Waals surface area (Å²) in [6.45, 7) is 7.12. The molecule has 0 saturated heterocycles. The maximum atomic E-state index is 5.98. The normalized spacial score (nSPS) is 11.3. The lowest BCUT2D eigenvalue weighted by atomic mass is 9.87. The lowest BCUT2D eigenvalue weighted by Crippen LogP contribution is -2.11. The van der Waals surface area contributed by atoms with Gasteiger partial charge in [0, 0.05) is 5.56 Å². The van der Waals surface area contributed by atoms with Crippen LogP contribution in [0, 0.1) is 0 Å². The van der Waals surface area contributed by atoms with Gasteiger partial charge in [0.05, 0.1) is 13.0 Å².